The summed E-state index contributed by atoms with van der Waals surface area (Å²) in [6.07, 6.45) is 3.11. The van der Waals surface area contributed by atoms with E-state index >= 15 is 0 Å². The zero-order chi connectivity index (χ0) is 19.8. The zero-order valence-corrected chi connectivity index (χ0v) is 16.6. The average Bonchev–Trinajstić information content (AvgIpc) is 3.36. The molecule has 1 aromatic carbocycles. The minimum absolute atomic E-state index is 0.0129. The number of benzene rings is 1. The lowest BCUT2D eigenvalue weighted by atomic mass is 10.2. The molecule has 0 radical (unpaired) electrons. The van der Waals surface area contributed by atoms with Crippen molar-refractivity contribution in [2.75, 3.05) is 13.1 Å². The lowest BCUT2D eigenvalue weighted by Crippen LogP contribution is -2.37. The standard InChI is InChI=1S/C20H19Cl2FN2O3/c21-13-9-12(3-4-15(13)23)11-28-18-10-14(22)16-5-6-17(25(16)20(18)27)19(26)24-7-1-2-8-24/h3-4,9-10,17H,1-2,5-8,11H2/t17-/m0/s1. The van der Waals surface area contributed by atoms with Crippen LogP contribution in [-0.4, -0.2) is 28.5 Å². The van der Waals surface area contributed by atoms with Crippen molar-refractivity contribution < 1.29 is 13.9 Å². The van der Waals surface area contributed by atoms with Crippen LogP contribution in [-0.2, 0) is 17.8 Å². The molecule has 0 aliphatic carbocycles. The normalized spacial score (nSPS) is 18.4. The number of carbonyl (C=O) groups is 1. The van der Waals surface area contributed by atoms with Crippen LogP contribution in [0.25, 0.3) is 0 Å². The number of likely N-dealkylation sites (tertiary alicyclic amines) is 1. The zero-order valence-electron chi connectivity index (χ0n) is 15.1. The summed E-state index contributed by atoms with van der Waals surface area (Å²) in [4.78, 5) is 27.7. The molecule has 0 spiro atoms. The number of nitrogens with zero attached hydrogens (tertiary/aromatic N) is 2. The molecule has 28 heavy (non-hydrogen) atoms. The molecule has 0 N–H and O–H groups in total. The molecule has 2 aliphatic heterocycles. The van der Waals surface area contributed by atoms with Gasteiger partial charge in [-0.05, 0) is 43.4 Å². The molecular formula is C20H19Cl2FN2O3. The van der Waals surface area contributed by atoms with Gasteiger partial charge in [0, 0.05) is 24.8 Å². The van der Waals surface area contributed by atoms with E-state index in [1.54, 1.807) is 0 Å². The highest BCUT2D eigenvalue weighted by Crippen LogP contribution is 2.33. The van der Waals surface area contributed by atoms with Crippen molar-refractivity contribution in [2.24, 2.45) is 0 Å². The Morgan fingerprint density at radius 1 is 1.18 bits per heavy atom. The summed E-state index contributed by atoms with van der Waals surface area (Å²) in [5.41, 5.74) is 0.918. The molecule has 0 bridgehead atoms. The molecule has 148 valence electrons. The second kappa shape index (κ2) is 7.76. The highest BCUT2D eigenvalue weighted by molar-refractivity contribution is 6.31. The van der Waals surface area contributed by atoms with E-state index < -0.39 is 11.9 Å². The number of hydrogen-bond donors (Lipinski definition) is 0. The van der Waals surface area contributed by atoms with Crippen LogP contribution in [0.1, 0.15) is 36.6 Å². The maximum absolute atomic E-state index is 13.3. The van der Waals surface area contributed by atoms with Crippen molar-refractivity contribution in [1.82, 2.24) is 9.47 Å². The maximum atomic E-state index is 13.3. The van der Waals surface area contributed by atoms with Gasteiger partial charge in [0.25, 0.3) is 5.56 Å². The van der Waals surface area contributed by atoms with Crippen molar-refractivity contribution in [1.29, 1.82) is 0 Å². The summed E-state index contributed by atoms with van der Waals surface area (Å²) < 4.78 is 20.4. The summed E-state index contributed by atoms with van der Waals surface area (Å²) in [6, 6.07) is 5.18. The Morgan fingerprint density at radius 3 is 2.64 bits per heavy atom. The molecular weight excluding hydrogens is 406 g/mol. The fraction of sp³-hybridized carbons (Fsp3) is 0.400. The van der Waals surface area contributed by atoms with Gasteiger partial charge in [-0.3, -0.25) is 14.2 Å². The second-order valence-electron chi connectivity index (χ2n) is 7.10. The summed E-state index contributed by atoms with van der Waals surface area (Å²) in [5, 5.41) is 0.393. The van der Waals surface area contributed by atoms with Gasteiger partial charge in [-0.1, -0.05) is 29.3 Å². The van der Waals surface area contributed by atoms with Gasteiger partial charge < -0.3 is 9.64 Å². The van der Waals surface area contributed by atoms with Crippen molar-refractivity contribution in [3.8, 4) is 5.75 Å². The van der Waals surface area contributed by atoms with E-state index in [9.17, 15) is 14.0 Å². The van der Waals surface area contributed by atoms with Gasteiger partial charge in [0.1, 0.15) is 18.5 Å². The highest BCUT2D eigenvalue weighted by Gasteiger charge is 2.35. The van der Waals surface area contributed by atoms with Crippen LogP contribution in [0.2, 0.25) is 10.0 Å². The molecule has 3 heterocycles. The monoisotopic (exact) mass is 424 g/mol. The van der Waals surface area contributed by atoms with E-state index in [4.69, 9.17) is 27.9 Å². The van der Waals surface area contributed by atoms with Crippen LogP contribution < -0.4 is 10.3 Å². The van der Waals surface area contributed by atoms with Gasteiger partial charge in [-0.2, -0.15) is 0 Å². The van der Waals surface area contributed by atoms with E-state index in [0.717, 1.165) is 25.9 Å². The Bertz CT molecular complexity index is 986. The molecule has 8 heteroatoms. The third kappa shape index (κ3) is 3.51. The Morgan fingerprint density at radius 2 is 1.93 bits per heavy atom. The number of fused-ring (bicyclic) bond motifs is 1. The van der Waals surface area contributed by atoms with E-state index in [2.05, 4.69) is 0 Å². The minimum Gasteiger partial charge on any atom is -0.483 e. The Hall–Kier alpha value is -2.05. The first-order chi connectivity index (χ1) is 13.5. The van der Waals surface area contributed by atoms with E-state index in [1.165, 1.54) is 28.8 Å². The largest absolute Gasteiger partial charge is 0.483 e. The number of aromatic nitrogens is 1. The molecule has 2 aromatic rings. The first-order valence-electron chi connectivity index (χ1n) is 9.25. The van der Waals surface area contributed by atoms with Crippen LogP contribution in [0.15, 0.2) is 29.1 Å². The first kappa shape index (κ1) is 19.3. The molecule has 2 aliphatic rings. The van der Waals surface area contributed by atoms with Crippen molar-refractivity contribution in [2.45, 2.75) is 38.3 Å². The molecule has 1 atom stereocenters. The lowest BCUT2D eigenvalue weighted by molar-refractivity contribution is -0.133. The summed E-state index contributed by atoms with van der Waals surface area (Å²) in [5.74, 6) is -0.485. The second-order valence-corrected chi connectivity index (χ2v) is 7.92. The molecule has 1 fully saturated rings. The fourth-order valence-electron chi connectivity index (χ4n) is 3.86. The molecule has 0 unspecified atom stereocenters. The first-order valence-corrected chi connectivity index (χ1v) is 10.0. The Balaban J connectivity index is 1.61. The van der Waals surface area contributed by atoms with Crippen molar-refractivity contribution in [3.63, 3.8) is 0 Å². The van der Waals surface area contributed by atoms with Crippen LogP contribution in [0, 0.1) is 5.82 Å². The van der Waals surface area contributed by atoms with E-state index in [1.807, 2.05) is 4.90 Å². The highest BCUT2D eigenvalue weighted by atomic mass is 35.5. The van der Waals surface area contributed by atoms with Gasteiger partial charge in [0.2, 0.25) is 5.91 Å². The van der Waals surface area contributed by atoms with Gasteiger partial charge >= 0.3 is 0 Å². The van der Waals surface area contributed by atoms with Gasteiger partial charge in [0.05, 0.1) is 10.0 Å². The smallest absolute Gasteiger partial charge is 0.293 e. The van der Waals surface area contributed by atoms with E-state index in [0.29, 0.717) is 29.1 Å². The number of amides is 1. The number of pyridine rings is 1. The average molecular weight is 425 g/mol. The Labute approximate surface area is 171 Å². The number of halogens is 3. The predicted molar refractivity (Wildman–Crippen MR) is 105 cm³/mol. The quantitative estimate of drug-likeness (QED) is 0.745. The fourth-order valence-corrected chi connectivity index (χ4v) is 4.35. The minimum atomic E-state index is -0.540. The lowest BCUT2D eigenvalue weighted by Gasteiger charge is -2.22. The van der Waals surface area contributed by atoms with Crippen molar-refractivity contribution >= 4 is 29.1 Å². The number of ether oxygens (including phenoxy) is 1. The molecule has 5 nitrogen and oxygen atoms in total. The summed E-state index contributed by atoms with van der Waals surface area (Å²) in [6.45, 7) is 1.50. The summed E-state index contributed by atoms with van der Waals surface area (Å²) in [7, 11) is 0. The van der Waals surface area contributed by atoms with Gasteiger partial charge in [-0.25, -0.2) is 4.39 Å². The third-order valence-electron chi connectivity index (χ3n) is 5.30. The topological polar surface area (TPSA) is 51.5 Å². The molecule has 0 saturated carbocycles. The van der Waals surface area contributed by atoms with Crippen molar-refractivity contribution in [3.05, 3.63) is 61.7 Å². The predicted octanol–water partition coefficient (Wildman–Crippen LogP) is 3.98. The number of rotatable bonds is 4. The van der Waals surface area contributed by atoms with Crippen LogP contribution in [0.5, 0.6) is 5.75 Å². The van der Waals surface area contributed by atoms with Crippen LogP contribution in [0.4, 0.5) is 4.39 Å². The van der Waals surface area contributed by atoms with Crippen LogP contribution >= 0.6 is 23.2 Å². The number of carbonyl (C=O) groups excluding carboxylic acids is 1. The third-order valence-corrected chi connectivity index (χ3v) is 5.92. The SMILES string of the molecule is O=C([C@@H]1CCc2c(Cl)cc(OCc3ccc(F)c(Cl)c3)c(=O)n21)N1CCCC1. The number of hydrogen-bond acceptors (Lipinski definition) is 3. The summed E-state index contributed by atoms with van der Waals surface area (Å²) >= 11 is 12.2. The molecule has 4 rings (SSSR count). The van der Waals surface area contributed by atoms with E-state index in [-0.39, 0.29) is 28.8 Å². The van der Waals surface area contributed by atoms with Crippen LogP contribution in [0.3, 0.4) is 0 Å². The molecule has 1 saturated heterocycles. The van der Waals surface area contributed by atoms with Gasteiger partial charge in [-0.15, -0.1) is 0 Å². The Kier molecular flexibility index (Phi) is 5.34. The molecule has 1 aromatic heterocycles. The molecule has 1 amide bonds. The van der Waals surface area contributed by atoms with Gasteiger partial charge in [0.15, 0.2) is 5.75 Å². The maximum Gasteiger partial charge on any atom is 0.293 e.